The van der Waals surface area contributed by atoms with Crippen molar-refractivity contribution < 1.29 is 23.1 Å². The van der Waals surface area contributed by atoms with Gasteiger partial charge in [-0.05, 0) is 75.1 Å². The quantitative estimate of drug-likeness (QED) is 0.575. The molecular weight excluding hydrogens is 439 g/mol. The van der Waals surface area contributed by atoms with Crippen molar-refractivity contribution in [2.75, 3.05) is 37.6 Å². The molecule has 1 amide bonds. The van der Waals surface area contributed by atoms with Crippen LogP contribution < -0.4 is 10.2 Å². The SMILES string of the molecule is O=C(O)NCC1CCN(CCCN2c3ccccc3Sc3ccc(C(F)(F)F)cc32)CC1. The molecule has 2 aromatic rings. The van der Waals surface area contributed by atoms with E-state index in [1.165, 1.54) is 17.8 Å². The number of para-hydroxylation sites is 1. The number of alkyl halides is 3. The van der Waals surface area contributed by atoms with Crippen molar-refractivity contribution in [1.29, 1.82) is 0 Å². The third kappa shape index (κ3) is 5.32. The standard InChI is InChI=1S/C23H26F3N3O2S/c24-23(25,26)17-6-7-21-19(14-17)29(18-4-1-2-5-20(18)32-21)11-3-10-28-12-8-16(9-13-28)15-27-22(30)31/h1-2,4-7,14,16,27H,3,8-13,15H2,(H,30,31). The first kappa shape index (κ1) is 22.8. The maximum absolute atomic E-state index is 13.3. The summed E-state index contributed by atoms with van der Waals surface area (Å²) in [4.78, 5) is 16.9. The molecule has 4 rings (SSSR count). The highest BCUT2D eigenvalue weighted by atomic mass is 32.2. The van der Waals surface area contributed by atoms with E-state index >= 15 is 0 Å². The Morgan fingerprint density at radius 3 is 2.50 bits per heavy atom. The number of hydrogen-bond acceptors (Lipinski definition) is 4. The molecule has 1 saturated heterocycles. The Hall–Kier alpha value is -2.39. The van der Waals surface area contributed by atoms with E-state index in [1.807, 2.05) is 29.2 Å². The fourth-order valence-electron chi connectivity index (χ4n) is 4.34. The van der Waals surface area contributed by atoms with Crippen molar-refractivity contribution in [3.8, 4) is 0 Å². The van der Waals surface area contributed by atoms with Crippen LogP contribution in [0.4, 0.5) is 29.3 Å². The second kappa shape index (κ2) is 9.62. The number of hydrogen-bond donors (Lipinski definition) is 2. The number of rotatable bonds is 6. The van der Waals surface area contributed by atoms with Crippen LogP contribution >= 0.6 is 11.8 Å². The monoisotopic (exact) mass is 465 g/mol. The van der Waals surface area contributed by atoms with E-state index in [1.54, 1.807) is 6.07 Å². The van der Waals surface area contributed by atoms with E-state index in [9.17, 15) is 18.0 Å². The Labute approximate surface area is 189 Å². The van der Waals surface area contributed by atoms with Crippen LogP contribution in [-0.2, 0) is 6.18 Å². The van der Waals surface area contributed by atoms with E-state index in [2.05, 4.69) is 10.2 Å². The lowest BCUT2D eigenvalue weighted by Gasteiger charge is -2.35. The topological polar surface area (TPSA) is 55.8 Å². The second-order valence-corrected chi connectivity index (χ2v) is 9.31. The number of amides is 1. The zero-order chi connectivity index (χ0) is 22.7. The molecule has 0 bridgehead atoms. The maximum Gasteiger partial charge on any atom is 0.416 e. The van der Waals surface area contributed by atoms with Crippen LogP contribution in [0, 0.1) is 5.92 Å². The minimum atomic E-state index is -4.37. The minimum Gasteiger partial charge on any atom is -0.465 e. The van der Waals surface area contributed by atoms with Gasteiger partial charge in [-0.15, -0.1) is 0 Å². The predicted octanol–water partition coefficient (Wildman–Crippen LogP) is 5.68. The molecule has 9 heteroatoms. The van der Waals surface area contributed by atoms with Crippen LogP contribution in [0.25, 0.3) is 0 Å². The summed E-state index contributed by atoms with van der Waals surface area (Å²) in [5.74, 6) is 0.362. The van der Waals surface area contributed by atoms with E-state index in [4.69, 9.17) is 5.11 Å². The van der Waals surface area contributed by atoms with Crippen molar-refractivity contribution in [3.63, 3.8) is 0 Å². The number of halogens is 3. The van der Waals surface area contributed by atoms with Crippen molar-refractivity contribution in [3.05, 3.63) is 48.0 Å². The van der Waals surface area contributed by atoms with Gasteiger partial charge < -0.3 is 20.2 Å². The van der Waals surface area contributed by atoms with Crippen LogP contribution in [0.3, 0.4) is 0 Å². The third-order valence-corrected chi connectivity index (χ3v) is 7.19. The van der Waals surface area contributed by atoms with E-state index in [0.29, 0.717) is 24.7 Å². The Kier molecular flexibility index (Phi) is 6.85. The number of carboxylic acid groups (broad SMARTS) is 1. The first-order chi connectivity index (χ1) is 15.3. The average Bonchev–Trinajstić information content (AvgIpc) is 2.77. The average molecular weight is 466 g/mol. The molecule has 172 valence electrons. The fraction of sp³-hybridized carbons (Fsp3) is 0.435. The molecule has 2 N–H and O–H groups in total. The van der Waals surface area contributed by atoms with Gasteiger partial charge in [0.05, 0.1) is 16.9 Å². The van der Waals surface area contributed by atoms with Gasteiger partial charge in [-0.25, -0.2) is 4.79 Å². The lowest BCUT2D eigenvalue weighted by molar-refractivity contribution is -0.137. The summed E-state index contributed by atoms with van der Waals surface area (Å²) in [7, 11) is 0. The molecule has 0 unspecified atom stereocenters. The molecule has 2 aromatic carbocycles. The molecule has 2 aliphatic heterocycles. The summed E-state index contributed by atoms with van der Waals surface area (Å²) in [6.45, 7) is 3.80. The molecule has 2 heterocycles. The van der Waals surface area contributed by atoms with Crippen LogP contribution in [0.15, 0.2) is 52.3 Å². The van der Waals surface area contributed by atoms with Gasteiger partial charge in [-0.1, -0.05) is 23.9 Å². The molecule has 0 spiro atoms. The minimum absolute atomic E-state index is 0.362. The molecule has 1 fully saturated rings. The van der Waals surface area contributed by atoms with Crippen molar-refractivity contribution >= 4 is 29.2 Å². The summed E-state index contributed by atoms with van der Waals surface area (Å²) in [5, 5.41) is 11.2. The zero-order valence-electron chi connectivity index (χ0n) is 17.6. The van der Waals surface area contributed by atoms with Gasteiger partial charge in [0.2, 0.25) is 0 Å². The highest BCUT2D eigenvalue weighted by Gasteiger charge is 2.33. The van der Waals surface area contributed by atoms with Gasteiger partial charge in [0, 0.05) is 22.9 Å². The molecule has 2 aliphatic rings. The molecule has 32 heavy (non-hydrogen) atoms. The number of carbonyl (C=O) groups is 1. The zero-order valence-corrected chi connectivity index (χ0v) is 18.4. The summed E-state index contributed by atoms with van der Waals surface area (Å²) < 4.78 is 40.0. The molecular formula is C23H26F3N3O2S. The maximum atomic E-state index is 13.3. The largest absolute Gasteiger partial charge is 0.465 e. The van der Waals surface area contributed by atoms with Crippen LogP contribution in [0.2, 0.25) is 0 Å². The third-order valence-electron chi connectivity index (χ3n) is 6.06. The van der Waals surface area contributed by atoms with Gasteiger partial charge in [0.1, 0.15) is 0 Å². The van der Waals surface area contributed by atoms with Gasteiger partial charge in [0.15, 0.2) is 0 Å². The molecule has 0 aliphatic carbocycles. The van der Waals surface area contributed by atoms with Gasteiger partial charge in [-0.2, -0.15) is 13.2 Å². The Balaban J connectivity index is 1.41. The van der Waals surface area contributed by atoms with Gasteiger partial charge >= 0.3 is 12.3 Å². The number of piperidine rings is 1. The van der Waals surface area contributed by atoms with E-state index in [0.717, 1.165) is 60.4 Å². The predicted molar refractivity (Wildman–Crippen MR) is 119 cm³/mol. The number of nitrogens with zero attached hydrogens (tertiary/aromatic N) is 2. The molecule has 0 radical (unpaired) electrons. The summed E-state index contributed by atoms with van der Waals surface area (Å²) in [5.41, 5.74) is 0.933. The van der Waals surface area contributed by atoms with Crippen LogP contribution in [0.1, 0.15) is 24.8 Å². The number of anilines is 2. The molecule has 0 aromatic heterocycles. The number of nitrogens with one attached hydrogen (secondary N) is 1. The van der Waals surface area contributed by atoms with E-state index < -0.39 is 17.8 Å². The van der Waals surface area contributed by atoms with Crippen LogP contribution in [-0.4, -0.2) is 48.8 Å². The highest BCUT2D eigenvalue weighted by molar-refractivity contribution is 7.99. The Morgan fingerprint density at radius 2 is 1.78 bits per heavy atom. The van der Waals surface area contributed by atoms with Gasteiger partial charge in [-0.3, -0.25) is 0 Å². The summed E-state index contributed by atoms with van der Waals surface area (Å²) >= 11 is 1.51. The summed E-state index contributed by atoms with van der Waals surface area (Å²) in [6, 6.07) is 11.8. The summed E-state index contributed by atoms with van der Waals surface area (Å²) in [6.07, 6.45) is -2.64. The number of fused-ring (bicyclic) bond motifs is 2. The second-order valence-electron chi connectivity index (χ2n) is 8.23. The lowest BCUT2D eigenvalue weighted by atomic mass is 9.97. The van der Waals surface area contributed by atoms with Crippen molar-refractivity contribution in [1.82, 2.24) is 10.2 Å². The molecule has 0 saturated carbocycles. The molecule has 0 atom stereocenters. The Bertz CT molecular complexity index is 962. The smallest absolute Gasteiger partial charge is 0.416 e. The van der Waals surface area contributed by atoms with Gasteiger partial charge in [0.25, 0.3) is 0 Å². The fourth-order valence-corrected chi connectivity index (χ4v) is 5.42. The number of benzene rings is 2. The first-order valence-electron chi connectivity index (χ1n) is 10.8. The Morgan fingerprint density at radius 1 is 1.06 bits per heavy atom. The van der Waals surface area contributed by atoms with Crippen LogP contribution in [0.5, 0.6) is 0 Å². The first-order valence-corrected chi connectivity index (χ1v) is 11.6. The number of likely N-dealkylation sites (tertiary alicyclic amines) is 1. The lowest BCUT2D eigenvalue weighted by Crippen LogP contribution is -2.39. The van der Waals surface area contributed by atoms with Crippen molar-refractivity contribution in [2.24, 2.45) is 5.92 Å². The van der Waals surface area contributed by atoms with E-state index in [-0.39, 0.29) is 0 Å². The molecule has 5 nitrogen and oxygen atoms in total. The normalized spacial score (nSPS) is 17.0. The van der Waals surface area contributed by atoms with Crippen molar-refractivity contribution in [2.45, 2.75) is 35.2 Å². The highest BCUT2D eigenvalue weighted by Crippen LogP contribution is 2.49.